The molecule has 2 aromatic rings. The van der Waals surface area contributed by atoms with E-state index < -0.39 is 10.0 Å². The average molecular weight is 349 g/mol. The van der Waals surface area contributed by atoms with Crippen LogP contribution in [0.2, 0.25) is 0 Å². The molecule has 0 bridgehead atoms. The van der Waals surface area contributed by atoms with Crippen LogP contribution in [0.3, 0.4) is 0 Å². The zero-order valence-corrected chi connectivity index (χ0v) is 14.0. The van der Waals surface area contributed by atoms with Crippen LogP contribution in [0.4, 0.5) is 4.79 Å². The van der Waals surface area contributed by atoms with Crippen molar-refractivity contribution >= 4 is 16.1 Å². The molecule has 8 heteroatoms. The van der Waals surface area contributed by atoms with Crippen molar-refractivity contribution in [1.82, 2.24) is 10.6 Å². The molecule has 128 valence electrons. The summed E-state index contributed by atoms with van der Waals surface area (Å²) >= 11 is 0. The lowest BCUT2D eigenvalue weighted by molar-refractivity contribution is 0.240. The van der Waals surface area contributed by atoms with Gasteiger partial charge in [-0.2, -0.15) is 0 Å². The molecule has 0 spiro atoms. The van der Waals surface area contributed by atoms with Gasteiger partial charge in [-0.3, -0.25) is 0 Å². The molecule has 0 heterocycles. The molecule has 0 aliphatic heterocycles. The van der Waals surface area contributed by atoms with E-state index in [0.29, 0.717) is 12.3 Å². The largest absolute Gasteiger partial charge is 0.496 e. The number of primary sulfonamides is 1. The number of nitrogens with two attached hydrogens (primary N) is 1. The summed E-state index contributed by atoms with van der Waals surface area (Å²) in [4.78, 5) is 11.9. The number of amides is 2. The molecule has 7 nitrogen and oxygen atoms in total. The van der Waals surface area contributed by atoms with Crippen LogP contribution in [0.5, 0.6) is 5.75 Å². The second-order valence-electron chi connectivity index (χ2n) is 5.04. The Bertz CT molecular complexity index is 804. The van der Waals surface area contributed by atoms with Gasteiger partial charge in [0.2, 0.25) is 10.0 Å². The molecule has 0 aliphatic carbocycles. The summed E-state index contributed by atoms with van der Waals surface area (Å²) in [6.07, 6.45) is 0. The van der Waals surface area contributed by atoms with Crippen LogP contribution in [-0.2, 0) is 23.1 Å². The maximum absolute atomic E-state index is 11.8. The van der Waals surface area contributed by atoms with Crippen LogP contribution in [0.15, 0.2) is 53.4 Å². The number of hydrogen-bond donors (Lipinski definition) is 3. The van der Waals surface area contributed by atoms with E-state index >= 15 is 0 Å². The van der Waals surface area contributed by atoms with Gasteiger partial charge in [-0.05, 0) is 23.8 Å². The van der Waals surface area contributed by atoms with Gasteiger partial charge in [0.05, 0.1) is 12.0 Å². The monoisotopic (exact) mass is 349 g/mol. The second-order valence-corrected chi connectivity index (χ2v) is 6.60. The minimum absolute atomic E-state index is 0.0341. The minimum Gasteiger partial charge on any atom is -0.496 e. The zero-order chi connectivity index (χ0) is 17.6. The van der Waals surface area contributed by atoms with Gasteiger partial charge >= 0.3 is 6.03 Å². The third-order valence-electron chi connectivity index (χ3n) is 3.34. The summed E-state index contributed by atoms with van der Waals surface area (Å²) < 4.78 is 27.6. The van der Waals surface area contributed by atoms with Crippen LogP contribution in [-0.4, -0.2) is 21.6 Å². The first-order valence-electron chi connectivity index (χ1n) is 7.15. The maximum atomic E-state index is 11.8. The van der Waals surface area contributed by atoms with E-state index in [1.165, 1.54) is 12.1 Å². The van der Waals surface area contributed by atoms with E-state index in [9.17, 15) is 13.2 Å². The molecule has 0 aromatic heterocycles. The number of methoxy groups -OCH3 is 1. The lowest BCUT2D eigenvalue weighted by Gasteiger charge is -2.10. The van der Waals surface area contributed by atoms with Gasteiger partial charge in [-0.1, -0.05) is 30.3 Å². The van der Waals surface area contributed by atoms with Crippen molar-refractivity contribution in [1.29, 1.82) is 0 Å². The number of para-hydroxylation sites is 1. The van der Waals surface area contributed by atoms with Crippen LogP contribution in [0.25, 0.3) is 0 Å². The molecule has 2 amide bonds. The lowest BCUT2D eigenvalue weighted by atomic mass is 10.2. The fraction of sp³-hybridized carbons (Fsp3) is 0.188. The van der Waals surface area contributed by atoms with Crippen molar-refractivity contribution in [3.05, 3.63) is 59.7 Å². The Morgan fingerprint density at radius 3 is 2.29 bits per heavy atom. The van der Waals surface area contributed by atoms with E-state index in [0.717, 1.165) is 11.1 Å². The highest BCUT2D eigenvalue weighted by molar-refractivity contribution is 7.89. The summed E-state index contributed by atoms with van der Waals surface area (Å²) in [5, 5.41) is 10.5. The number of benzene rings is 2. The molecule has 0 aliphatic rings. The molecule has 24 heavy (non-hydrogen) atoms. The highest BCUT2D eigenvalue weighted by Crippen LogP contribution is 2.16. The van der Waals surface area contributed by atoms with Gasteiger partial charge in [0.15, 0.2) is 0 Å². The van der Waals surface area contributed by atoms with Gasteiger partial charge in [-0.25, -0.2) is 18.4 Å². The van der Waals surface area contributed by atoms with E-state index in [1.807, 2.05) is 24.3 Å². The van der Waals surface area contributed by atoms with Gasteiger partial charge in [-0.15, -0.1) is 0 Å². The Labute approximate surface area is 140 Å². The summed E-state index contributed by atoms with van der Waals surface area (Å²) in [7, 11) is -2.13. The van der Waals surface area contributed by atoms with Crippen LogP contribution >= 0.6 is 0 Å². The summed E-state index contributed by atoms with van der Waals surface area (Å²) in [6, 6.07) is 13.1. The van der Waals surface area contributed by atoms with Crippen LogP contribution in [0, 0.1) is 0 Å². The first-order valence-corrected chi connectivity index (χ1v) is 8.70. The fourth-order valence-electron chi connectivity index (χ4n) is 2.07. The second kappa shape index (κ2) is 7.80. The van der Waals surface area contributed by atoms with Crippen molar-refractivity contribution in [2.75, 3.05) is 7.11 Å². The molecule has 0 unspecified atom stereocenters. The molecule has 0 saturated heterocycles. The summed E-state index contributed by atoms with van der Waals surface area (Å²) in [6.45, 7) is 0.600. The average Bonchev–Trinajstić information content (AvgIpc) is 2.58. The fourth-order valence-corrected chi connectivity index (χ4v) is 2.58. The Morgan fingerprint density at radius 2 is 1.67 bits per heavy atom. The first-order chi connectivity index (χ1) is 11.4. The Kier molecular flexibility index (Phi) is 5.78. The summed E-state index contributed by atoms with van der Waals surface area (Å²) in [5.74, 6) is 0.705. The molecule has 0 radical (unpaired) electrons. The summed E-state index contributed by atoms with van der Waals surface area (Å²) in [5.41, 5.74) is 1.63. The Morgan fingerprint density at radius 1 is 1.04 bits per heavy atom. The highest BCUT2D eigenvalue weighted by Gasteiger charge is 2.08. The number of rotatable bonds is 6. The van der Waals surface area contributed by atoms with Crippen molar-refractivity contribution in [2.24, 2.45) is 5.14 Å². The van der Waals surface area contributed by atoms with Gasteiger partial charge < -0.3 is 15.4 Å². The quantitative estimate of drug-likeness (QED) is 0.731. The number of nitrogens with one attached hydrogen (secondary N) is 2. The van der Waals surface area contributed by atoms with Crippen molar-refractivity contribution in [3.63, 3.8) is 0 Å². The Hall–Kier alpha value is -2.58. The molecular formula is C16H19N3O4S. The third-order valence-corrected chi connectivity index (χ3v) is 4.27. The predicted octanol–water partition coefficient (Wildman–Crippen LogP) is 1.34. The van der Waals surface area contributed by atoms with Crippen molar-refractivity contribution in [2.45, 2.75) is 18.0 Å². The number of carbonyl (C=O) groups excluding carboxylic acids is 1. The normalized spacial score (nSPS) is 10.9. The molecule has 2 rings (SSSR count). The number of sulfonamides is 1. The van der Waals surface area contributed by atoms with E-state index in [-0.39, 0.29) is 17.5 Å². The molecule has 0 atom stereocenters. The number of carbonyl (C=O) groups is 1. The lowest BCUT2D eigenvalue weighted by Crippen LogP contribution is -2.34. The maximum Gasteiger partial charge on any atom is 0.315 e. The van der Waals surface area contributed by atoms with Gasteiger partial charge in [0.25, 0.3) is 0 Å². The molecule has 0 saturated carbocycles. The first kappa shape index (κ1) is 17.8. The minimum atomic E-state index is -3.71. The van der Waals surface area contributed by atoms with E-state index in [2.05, 4.69) is 10.6 Å². The predicted molar refractivity (Wildman–Crippen MR) is 89.9 cm³/mol. The standard InChI is InChI=1S/C16H19N3O4S/c1-23-15-5-3-2-4-13(15)11-19-16(20)18-10-12-6-8-14(9-7-12)24(17,21)22/h2-9H,10-11H2,1H3,(H2,17,21,22)(H2,18,19,20). The number of hydrogen-bond acceptors (Lipinski definition) is 4. The SMILES string of the molecule is COc1ccccc1CNC(=O)NCc1ccc(S(N)(=O)=O)cc1. The highest BCUT2D eigenvalue weighted by atomic mass is 32.2. The smallest absolute Gasteiger partial charge is 0.315 e. The van der Waals surface area contributed by atoms with Gasteiger partial charge in [0.1, 0.15) is 5.75 Å². The zero-order valence-electron chi connectivity index (χ0n) is 13.2. The van der Waals surface area contributed by atoms with Gasteiger partial charge in [0, 0.05) is 18.7 Å². The third kappa shape index (κ3) is 4.97. The molecular weight excluding hydrogens is 330 g/mol. The topological polar surface area (TPSA) is 111 Å². The van der Waals surface area contributed by atoms with E-state index in [1.54, 1.807) is 19.2 Å². The van der Waals surface area contributed by atoms with Crippen molar-refractivity contribution < 1.29 is 17.9 Å². The van der Waals surface area contributed by atoms with E-state index in [4.69, 9.17) is 9.88 Å². The molecule has 0 fully saturated rings. The number of urea groups is 1. The van der Waals surface area contributed by atoms with Crippen molar-refractivity contribution in [3.8, 4) is 5.75 Å². The molecule has 4 N–H and O–H groups in total. The Balaban J connectivity index is 1.85. The van der Waals surface area contributed by atoms with Crippen LogP contribution < -0.4 is 20.5 Å². The molecule has 2 aromatic carbocycles. The number of ether oxygens (including phenoxy) is 1. The van der Waals surface area contributed by atoms with Crippen LogP contribution in [0.1, 0.15) is 11.1 Å².